The van der Waals surface area contributed by atoms with Crippen molar-refractivity contribution in [3.8, 4) is 0 Å². The predicted octanol–water partition coefficient (Wildman–Crippen LogP) is -0.896. The van der Waals surface area contributed by atoms with Gasteiger partial charge in [0.2, 0.25) is 0 Å². The van der Waals surface area contributed by atoms with Crippen molar-refractivity contribution in [1.82, 2.24) is 9.55 Å². The first-order valence-corrected chi connectivity index (χ1v) is 5.10. The van der Waals surface area contributed by atoms with Crippen LogP contribution in [0, 0.1) is 6.57 Å². The molecule has 0 aliphatic carbocycles. The lowest BCUT2D eigenvalue weighted by molar-refractivity contribution is -0.0254. The molecule has 90 valence electrons. The van der Waals surface area contributed by atoms with Crippen molar-refractivity contribution in [2.24, 2.45) is 0 Å². The van der Waals surface area contributed by atoms with Crippen LogP contribution in [0.25, 0.3) is 4.85 Å². The van der Waals surface area contributed by atoms with Gasteiger partial charge in [-0.25, -0.2) is 11.4 Å². The summed E-state index contributed by atoms with van der Waals surface area (Å²) in [6.45, 7) is 6.70. The highest BCUT2D eigenvalue weighted by Gasteiger charge is 2.40. The maximum Gasteiger partial charge on any atom is 0.330 e. The summed E-state index contributed by atoms with van der Waals surface area (Å²) >= 11 is 0. The quantitative estimate of drug-likeness (QED) is 0.653. The maximum absolute atomic E-state index is 11.5. The van der Waals surface area contributed by atoms with Crippen LogP contribution < -0.4 is 11.2 Å². The molecule has 1 saturated heterocycles. The van der Waals surface area contributed by atoms with Gasteiger partial charge in [-0.05, 0) is 0 Å². The Bertz CT molecular complexity index is 556. The lowest BCUT2D eigenvalue weighted by atomic mass is 10.1. The molecular formula is C10H11N3O4. The first-order chi connectivity index (χ1) is 8.15. The molecule has 7 nitrogen and oxygen atoms in total. The summed E-state index contributed by atoms with van der Waals surface area (Å²) in [7, 11) is 0. The monoisotopic (exact) mass is 237 g/mol. The Kier molecular flexibility index (Phi) is 3.08. The smallest absolute Gasteiger partial charge is 0.330 e. The average Bonchev–Trinajstić information content (AvgIpc) is 2.72. The van der Waals surface area contributed by atoms with E-state index in [2.05, 4.69) is 9.83 Å². The zero-order valence-corrected chi connectivity index (χ0v) is 8.87. The maximum atomic E-state index is 11.5. The molecule has 2 heterocycles. The van der Waals surface area contributed by atoms with Crippen LogP contribution in [0.2, 0.25) is 0 Å². The van der Waals surface area contributed by atoms with E-state index < -0.39 is 29.6 Å². The van der Waals surface area contributed by atoms with Crippen molar-refractivity contribution in [2.75, 3.05) is 6.61 Å². The Balaban J connectivity index is 2.29. The molecule has 0 radical (unpaired) electrons. The Morgan fingerprint density at radius 3 is 2.94 bits per heavy atom. The number of aliphatic hydroxyl groups excluding tert-OH is 1. The highest BCUT2D eigenvalue weighted by Crippen LogP contribution is 2.29. The molecule has 17 heavy (non-hydrogen) atoms. The summed E-state index contributed by atoms with van der Waals surface area (Å²) in [5.41, 5.74) is -1.06. The molecule has 3 atom stereocenters. The van der Waals surface area contributed by atoms with E-state index in [1.807, 2.05) is 0 Å². The molecule has 1 aliphatic heterocycles. The van der Waals surface area contributed by atoms with Crippen molar-refractivity contribution >= 4 is 0 Å². The Morgan fingerprint density at radius 2 is 2.41 bits per heavy atom. The van der Waals surface area contributed by atoms with Gasteiger partial charge in [0.25, 0.3) is 11.6 Å². The molecule has 1 unspecified atom stereocenters. The van der Waals surface area contributed by atoms with E-state index in [0.29, 0.717) is 6.42 Å². The van der Waals surface area contributed by atoms with Crippen molar-refractivity contribution < 1.29 is 9.84 Å². The number of aliphatic hydroxyl groups is 1. The fraction of sp³-hybridized carbons (Fsp3) is 0.500. The number of aromatic nitrogens is 2. The normalized spacial score (nSPS) is 27.9. The fourth-order valence-electron chi connectivity index (χ4n) is 1.84. The number of H-pyrrole nitrogens is 1. The molecule has 1 fully saturated rings. The molecule has 0 amide bonds. The summed E-state index contributed by atoms with van der Waals surface area (Å²) in [4.78, 5) is 27.9. The highest BCUT2D eigenvalue weighted by molar-refractivity contribution is 4.95. The second kappa shape index (κ2) is 4.53. The second-order valence-corrected chi connectivity index (χ2v) is 3.76. The summed E-state index contributed by atoms with van der Waals surface area (Å²) in [6, 6.07) is 0.744. The lowest BCUT2D eigenvalue weighted by Gasteiger charge is -2.12. The number of nitrogens with zero attached hydrogens (tertiary/aromatic N) is 2. The minimum atomic E-state index is -0.615. The van der Waals surface area contributed by atoms with Gasteiger partial charge in [0.1, 0.15) is 6.23 Å². The van der Waals surface area contributed by atoms with Crippen molar-refractivity contribution in [3.05, 3.63) is 44.5 Å². The molecule has 1 aliphatic rings. The van der Waals surface area contributed by atoms with E-state index in [9.17, 15) is 9.59 Å². The zero-order chi connectivity index (χ0) is 12.4. The molecule has 1 aromatic rings. The SMILES string of the molecule is [C-]#[N+]C1C[C@H](n2ccc(=O)[nH]c2=O)O[C@@H]1CO. The van der Waals surface area contributed by atoms with Crippen LogP contribution in [0.1, 0.15) is 12.6 Å². The predicted molar refractivity (Wildman–Crippen MR) is 57.3 cm³/mol. The zero-order valence-electron chi connectivity index (χ0n) is 8.87. The van der Waals surface area contributed by atoms with E-state index in [1.165, 1.54) is 16.8 Å². The van der Waals surface area contributed by atoms with Crippen molar-refractivity contribution in [1.29, 1.82) is 0 Å². The van der Waals surface area contributed by atoms with E-state index in [0.717, 1.165) is 0 Å². The molecule has 0 bridgehead atoms. The molecular weight excluding hydrogens is 226 g/mol. The highest BCUT2D eigenvalue weighted by atomic mass is 16.5. The van der Waals surface area contributed by atoms with Gasteiger partial charge < -0.3 is 14.7 Å². The summed E-state index contributed by atoms with van der Waals surface area (Å²) in [6.07, 6.45) is 0.444. The van der Waals surface area contributed by atoms with Crippen molar-refractivity contribution in [2.45, 2.75) is 24.8 Å². The number of rotatable bonds is 2. The standard InChI is InChI=1S/C10H11N3O4/c1-11-6-4-9(17-7(6)5-14)13-3-2-8(15)12-10(13)16/h2-3,6-7,9,14H,4-5H2,(H,12,15,16)/t6?,7-,9-/m1/s1. The van der Waals surface area contributed by atoms with Crippen LogP contribution in [0.4, 0.5) is 0 Å². The van der Waals surface area contributed by atoms with Crippen LogP contribution in [-0.2, 0) is 4.74 Å². The van der Waals surface area contributed by atoms with Crippen molar-refractivity contribution in [3.63, 3.8) is 0 Å². The number of hydrogen-bond acceptors (Lipinski definition) is 4. The number of nitrogens with one attached hydrogen (secondary N) is 1. The fourth-order valence-corrected chi connectivity index (χ4v) is 1.84. The second-order valence-electron chi connectivity index (χ2n) is 3.76. The summed E-state index contributed by atoms with van der Waals surface area (Å²) in [5.74, 6) is 0. The van der Waals surface area contributed by atoms with Gasteiger partial charge in [-0.15, -0.1) is 0 Å². The van der Waals surface area contributed by atoms with E-state index in [-0.39, 0.29) is 6.61 Å². The van der Waals surface area contributed by atoms with Gasteiger partial charge in [-0.2, -0.15) is 0 Å². The topological polar surface area (TPSA) is 88.7 Å². The van der Waals surface area contributed by atoms with Gasteiger partial charge in [0, 0.05) is 12.3 Å². The molecule has 0 aromatic carbocycles. The molecule has 2 N–H and O–H groups in total. The van der Waals surface area contributed by atoms with Gasteiger partial charge in [-0.3, -0.25) is 14.3 Å². The van der Waals surface area contributed by atoms with Crippen LogP contribution >= 0.6 is 0 Å². The van der Waals surface area contributed by atoms with Gasteiger partial charge in [0.05, 0.1) is 13.0 Å². The number of aromatic amines is 1. The molecule has 1 aromatic heterocycles. The molecule has 0 spiro atoms. The summed E-state index contributed by atoms with van der Waals surface area (Å²) in [5, 5.41) is 9.03. The number of ether oxygens (including phenoxy) is 1. The lowest BCUT2D eigenvalue weighted by Crippen LogP contribution is -2.31. The van der Waals surface area contributed by atoms with Crippen LogP contribution in [0.15, 0.2) is 21.9 Å². The minimum Gasteiger partial charge on any atom is -0.393 e. The van der Waals surface area contributed by atoms with E-state index >= 15 is 0 Å². The van der Waals surface area contributed by atoms with Gasteiger partial charge in [-0.1, -0.05) is 0 Å². The Hall–Kier alpha value is -1.91. The third-order valence-electron chi connectivity index (χ3n) is 2.71. The van der Waals surface area contributed by atoms with Crippen LogP contribution in [-0.4, -0.2) is 33.4 Å². The first kappa shape index (κ1) is 11.6. The van der Waals surface area contributed by atoms with Crippen LogP contribution in [0.3, 0.4) is 0 Å². The van der Waals surface area contributed by atoms with E-state index in [4.69, 9.17) is 16.4 Å². The average molecular weight is 237 g/mol. The largest absolute Gasteiger partial charge is 0.393 e. The first-order valence-electron chi connectivity index (χ1n) is 5.10. The molecule has 7 heteroatoms. The van der Waals surface area contributed by atoms with E-state index in [1.54, 1.807) is 0 Å². The third-order valence-corrected chi connectivity index (χ3v) is 2.71. The van der Waals surface area contributed by atoms with Crippen LogP contribution in [0.5, 0.6) is 0 Å². The molecule has 0 saturated carbocycles. The molecule has 2 rings (SSSR count). The van der Waals surface area contributed by atoms with Gasteiger partial charge in [0.15, 0.2) is 6.10 Å². The minimum absolute atomic E-state index is 0.262. The Labute approximate surface area is 96.1 Å². The third kappa shape index (κ3) is 2.13. The van der Waals surface area contributed by atoms with Gasteiger partial charge >= 0.3 is 5.69 Å². The Morgan fingerprint density at radius 1 is 1.65 bits per heavy atom. The number of hydrogen-bond donors (Lipinski definition) is 2. The summed E-state index contributed by atoms with van der Waals surface area (Å²) < 4.78 is 6.62.